The van der Waals surface area contributed by atoms with Gasteiger partial charge in [0.05, 0.1) is 28.6 Å². The Hall–Kier alpha value is -3.08. The molecular weight excluding hydrogens is 386 g/mol. The highest BCUT2D eigenvalue weighted by Gasteiger charge is 2.39. The van der Waals surface area contributed by atoms with Crippen LogP contribution in [0.1, 0.15) is 22.3 Å². The van der Waals surface area contributed by atoms with Crippen molar-refractivity contribution in [1.29, 1.82) is 0 Å². The Kier molecular flexibility index (Phi) is 5.27. The van der Waals surface area contributed by atoms with Crippen molar-refractivity contribution >= 4 is 33.5 Å². The number of carbonyl (C=O) groups excluding carboxylic acids is 2. The molecule has 2 amide bonds. The van der Waals surface area contributed by atoms with Crippen LogP contribution in [-0.2, 0) is 26.2 Å². The number of primary sulfonamides is 1. The molecule has 2 aromatic rings. The van der Waals surface area contributed by atoms with E-state index in [1.807, 2.05) is 0 Å². The molecule has 28 heavy (non-hydrogen) atoms. The normalized spacial score (nSPS) is 17.2. The van der Waals surface area contributed by atoms with Crippen LogP contribution in [0.25, 0.3) is 0 Å². The highest BCUT2D eigenvalue weighted by atomic mass is 32.2. The molecule has 146 valence electrons. The van der Waals surface area contributed by atoms with Gasteiger partial charge in [0.2, 0.25) is 15.9 Å². The van der Waals surface area contributed by atoms with E-state index in [1.165, 1.54) is 36.4 Å². The third kappa shape index (κ3) is 4.09. The zero-order valence-electron chi connectivity index (χ0n) is 14.5. The molecule has 4 N–H and O–H groups in total. The molecule has 0 bridgehead atoms. The van der Waals surface area contributed by atoms with Crippen molar-refractivity contribution in [1.82, 2.24) is 5.32 Å². The molecule has 0 radical (unpaired) electrons. The largest absolute Gasteiger partial charge is 0.478 e. The van der Waals surface area contributed by atoms with Crippen LogP contribution in [0.3, 0.4) is 0 Å². The summed E-state index contributed by atoms with van der Waals surface area (Å²) in [5.74, 6) is -1.93. The first-order valence-corrected chi connectivity index (χ1v) is 9.77. The van der Waals surface area contributed by atoms with Crippen molar-refractivity contribution in [3.05, 3.63) is 59.7 Å². The monoisotopic (exact) mass is 403 g/mol. The van der Waals surface area contributed by atoms with Crippen molar-refractivity contribution in [2.75, 3.05) is 4.90 Å². The third-order valence-corrected chi connectivity index (χ3v) is 5.25. The van der Waals surface area contributed by atoms with Gasteiger partial charge in [0.15, 0.2) is 0 Å². The van der Waals surface area contributed by atoms with E-state index in [9.17, 15) is 22.8 Å². The van der Waals surface area contributed by atoms with Crippen LogP contribution in [0.5, 0.6) is 0 Å². The number of carboxylic acid groups (broad SMARTS) is 1. The van der Waals surface area contributed by atoms with Crippen LogP contribution in [-0.4, -0.2) is 37.3 Å². The second-order valence-corrected chi connectivity index (χ2v) is 7.81. The van der Waals surface area contributed by atoms with Crippen LogP contribution in [0.15, 0.2) is 53.4 Å². The number of hydrogen-bond donors (Lipinski definition) is 3. The Morgan fingerprint density at radius 2 is 1.71 bits per heavy atom. The number of benzene rings is 2. The number of aromatic carboxylic acids is 1. The van der Waals surface area contributed by atoms with Crippen LogP contribution < -0.4 is 15.4 Å². The van der Waals surface area contributed by atoms with Crippen molar-refractivity contribution < 1.29 is 27.9 Å². The lowest BCUT2D eigenvalue weighted by molar-refractivity contribution is -0.121. The summed E-state index contributed by atoms with van der Waals surface area (Å²) in [4.78, 5) is 36.7. The summed E-state index contributed by atoms with van der Waals surface area (Å²) in [6.45, 7) is 0.250. The van der Waals surface area contributed by atoms with E-state index < -0.39 is 33.8 Å². The molecule has 1 fully saturated rings. The number of hydrogen-bond acceptors (Lipinski definition) is 6. The molecule has 3 rings (SSSR count). The number of anilines is 1. The van der Waals surface area contributed by atoms with Crippen LogP contribution in [0, 0.1) is 0 Å². The molecular formula is C18H17N3O6S. The first-order valence-electron chi connectivity index (χ1n) is 8.22. The first-order chi connectivity index (χ1) is 13.2. The van der Waals surface area contributed by atoms with E-state index in [-0.39, 0.29) is 23.4 Å². The number of amides is 2. The molecule has 0 saturated carbocycles. The molecule has 0 aromatic heterocycles. The van der Waals surface area contributed by atoms with Gasteiger partial charge in [-0.05, 0) is 42.0 Å². The quantitative estimate of drug-likeness (QED) is 0.593. The minimum atomic E-state index is -3.78. The lowest BCUT2D eigenvalue weighted by Crippen LogP contribution is -2.38. The summed E-state index contributed by atoms with van der Waals surface area (Å²) in [6, 6.07) is 10.6. The minimum Gasteiger partial charge on any atom is -0.478 e. The second-order valence-electron chi connectivity index (χ2n) is 6.25. The van der Waals surface area contributed by atoms with E-state index in [0.29, 0.717) is 5.69 Å². The highest BCUT2D eigenvalue weighted by Crippen LogP contribution is 2.23. The number of carboxylic acids is 1. The fraction of sp³-hybridized carbons (Fsp3) is 0.167. The number of nitrogens with zero attached hydrogens (tertiary/aromatic N) is 1. The molecule has 1 atom stereocenters. The van der Waals surface area contributed by atoms with Crippen molar-refractivity contribution in [3.8, 4) is 0 Å². The van der Waals surface area contributed by atoms with Crippen LogP contribution in [0.4, 0.5) is 5.69 Å². The number of rotatable bonds is 6. The molecule has 1 aliphatic heterocycles. The van der Waals surface area contributed by atoms with Crippen LogP contribution in [0.2, 0.25) is 0 Å². The highest BCUT2D eigenvalue weighted by molar-refractivity contribution is 7.89. The minimum absolute atomic E-state index is 0.0145. The second kappa shape index (κ2) is 7.50. The molecule has 0 spiro atoms. The maximum Gasteiger partial charge on any atom is 0.335 e. The molecule has 1 heterocycles. The third-order valence-electron chi connectivity index (χ3n) is 4.32. The molecule has 1 unspecified atom stereocenters. The number of imide groups is 1. The zero-order valence-corrected chi connectivity index (χ0v) is 15.3. The number of nitrogens with one attached hydrogen (secondary N) is 1. The molecule has 9 nitrogen and oxygen atoms in total. The Morgan fingerprint density at radius 3 is 2.25 bits per heavy atom. The van der Waals surface area contributed by atoms with E-state index >= 15 is 0 Å². The molecule has 2 aromatic carbocycles. The average Bonchev–Trinajstić information content (AvgIpc) is 2.93. The summed E-state index contributed by atoms with van der Waals surface area (Å²) in [7, 11) is -3.78. The van der Waals surface area contributed by atoms with Gasteiger partial charge >= 0.3 is 5.97 Å². The van der Waals surface area contributed by atoms with Gasteiger partial charge in [-0.2, -0.15) is 0 Å². The maximum atomic E-state index is 12.6. The van der Waals surface area contributed by atoms with Gasteiger partial charge in [-0.15, -0.1) is 0 Å². The fourth-order valence-electron chi connectivity index (χ4n) is 2.85. The Balaban J connectivity index is 1.67. The van der Waals surface area contributed by atoms with E-state index in [0.717, 1.165) is 10.5 Å². The summed E-state index contributed by atoms with van der Waals surface area (Å²) < 4.78 is 22.5. The van der Waals surface area contributed by atoms with Crippen molar-refractivity contribution in [2.45, 2.75) is 23.9 Å². The summed E-state index contributed by atoms with van der Waals surface area (Å²) in [6.07, 6.45) is -0.0330. The van der Waals surface area contributed by atoms with Gasteiger partial charge < -0.3 is 10.4 Å². The standard InChI is InChI=1S/C18H17N3O6S/c19-28(26,27)14-7-1-11(2-8-14)10-20-15-9-16(22)21(17(15)23)13-5-3-12(4-6-13)18(24)25/h1-8,15,20H,9-10H2,(H,24,25)(H2,19,26,27). The lowest BCUT2D eigenvalue weighted by Gasteiger charge is -2.16. The van der Waals surface area contributed by atoms with Gasteiger partial charge in [-0.3, -0.25) is 9.59 Å². The average molecular weight is 403 g/mol. The van der Waals surface area contributed by atoms with Gasteiger partial charge in [-0.25, -0.2) is 23.3 Å². The zero-order chi connectivity index (χ0) is 20.5. The van der Waals surface area contributed by atoms with Crippen molar-refractivity contribution in [3.63, 3.8) is 0 Å². The molecule has 0 aliphatic carbocycles. The molecule has 1 saturated heterocycles. The molecule has 1 aliphatic rings. The van der Waals surface area contributed by atoms with Crippen molar-refractivity contribution in [2.24, 2.45) is 5.14 Å². The maximum absolute atomic E-state index is 12.6. The van der Waals surface area contributed by atoms with Gasteiger partial charge in [0.25, 0.3) is 5.91 Å². The SMILES string of the molecule is NS(=O)(=O)c1ccc(CNC2CC(=O)N(c3ccc(C(=O)O)cc3)C2=O)cc1. The van der Waals surface area contributed by atoms with Gasteiger partial charge in [0.1, 0.15) is 0 Å². The van der Waals surface area contributed by atoms with Crippen LogP contribution >= 0.6 is 0 Å². The Labute approximate surface area is 160 Å². The Morgan fingerprint density at radius 1 is 1.11 bits per heavy atom. The van der Waals surface area contributed by atoms with Gasteiger partial charge in [-0.1, -0.05) is 12.1 Å². The summed E-state index contributed by atoms with van der Waals surface area (Å²) >= 11 is 0. The first kappa shape index (κ1) is 19.7. The van der Waals surface area contributed by atoms with E-state index in [2.05, 4.69) is 5.32 Å². The summed E-state index contributed by atoms with van der Waals surface area (Å²) in [5, 5.41) is 17.0. The fourth-order valence-corrected chi connectivity index (χ4v) is 3.37. The lowest BCUT2D eigenvalue weighted by atomic mass is 10.2. The van der Waals surface area contributed by atoms with Gasteiger partial charge in [0, 0.05) is 6.54 Å². The predicted molar refractivity (Wildman–Crippen MR) is 99.0 cm³/mol. The van der Waals surface area contributed by atoms with E-state index in [1.54, 1.807) is 12.1 Å². The van der Waals surface area contributed by atoms with E-state index in [4.69, 9.17) is 10.2 Å². The number of carbonyl (C=O) groups is 3. The molecule has 10 heteroatoms. The predicted octanol–water partition coefficient (Wildman–Crippen LogP) is 0.454. The number of nitrogens with two attached hydrogens (primary N) is 1. The number of sulfonamides is 1. The smallest absolute Gasteiger partial charge is 0.335 e. The Bertz CT molecular complexity index is 1030. The summed E-state index contributed by atoms with van der Waals surface area (Å²) in [5.41, 5.74) is 1.08. The topological polar surface area (TPSA) is 147 Å².